The Labute approximate surface area is 96.0 Å². The lowest BCUT2D eigenvalue weighted by Crippen LogP contribution is -2.26. The van der Waals surface area contributed by atoms with Gasteiger partial charge in [0, 0.05) is 18.8 Å². The first kappa shape index (κ1) is 10.9. The number of anilines is 1. The van der Waals surface area contributed by atoms with Crippen LogP contribution in [0, 0.1) is 19.3 Å². The van der Waals surface area contributed by atoms with E-state index in [-0.39, 0.29) is 5.84 Å². The number of rotatable bonds is 3. The molecule has 4 heteroatoms. The summed E-state index contributed by atoms with van der Waals surface area (Å²) in [7, 11) is 2.03. The van der Waals surface area contributed by atoms with E-state index in [0.29, 0.717) is 6.04 Å². The second kappa shape index (κ2) is 3.77. The Bertz CT molecular complexity index is 435. The molecular weight excluding hydrogens is 200 g/mol. The molecule has 0 radical (unpaired) electrons. The largest absolute Gasteiger partial charge is 0.384 e. The second-order valence-corrected chi connectivity index (χ2v) is 4.53. The van der Waals surface area contributed by atoms with Gasteiger partial charge in [0.15, 0.2) is 0 Å². The van der Waals surface area contributed by atoms with Crippen LogP contribution in [0.15, 0.2) is 6.07 Å². The van der Waals surface area contributed by atoms with Crippen molar-refractivity contribution in [2.24, 2.45) is 5.73 Å². The highest BCUT2D eigenvalue weighted by Crippen LogP contribution is 2.32. The van der Waals surface area contributed by atoms with Gasteiger partial charge in [-0.05, 0) is 38.3 Å². The minimum absolute atomic E-state index is 0.104. The summed E-state index contributed by atoms with van der Waals surface area (Å²) in [6, 6.07) is 2.55. The highest BCUT2D eigenvalue weighted by molar-refractivity contribution is 6.01. The third-order valence-corrected chi connectivity index (χ3v) is 3.02. The molecule has 16 heavy (non-hydrogen) atoms. The van der Waals surface area contributed by atoms with Crippen LogP contribution in [0.1, 0.15) is 29.7 Å². The van der Waals surface area contributed by atoms with Gasteiger partial charge in [-0.15, -0.1) is 0 Å². The van der Waals surface area contributed by atoms with Crippen LogP contribution in [0.25, 0.3) is 0 Å². The van der Waals surface area contributed by atoms with Crippen molar-refractivity contribution >= 4 is 11.7 Å². The van der Waals surface area contributed by atoms with Crippen molar-refractivity contribution in [3.63, 3.8) is 0 Å². The number of nitrogens with one attached hydrogen (secondary N) is 1. The average Bonchev–Trinajstić information content (AvgIpc) is 2.97. The molecule has 1 aliphatic rings. The van der Waals surface area contributed by atoms with E-state index in [4.69, 9.17) is 11.1 Å². The summed E-state index contributed by atoms with van der Waals surface area (Å²) in [5.41, 5.74) is 8.43. The first-order valence-corrected chi connectivity index (χ1v) is 5.56. The Kier molecular flexibility index (Phi) is 2.58. The fourth-order valence-electron chi connectivity index (χ4n) is 2.04. The molecule has 1 saturated carbocycles. The number of hydrogen-bond donors (Lipinski definition) is 2. The maximum absolute atomic E-state index is 7.65. The Morgan fingerprint density at radius 3 is 2.62 bits per heavy atom. The molecular formula is C12H18N4. The number of pyridine rings is 1. The minimum Gasteiger partial charge on any atom is -0.384 e. The molecule has 1 heterocycles. The van der Waals surface area contributed by atoms with E-state index in [9.17, 15) is 0 Å². The number of amidine groups is 1. The summed E-state index contributed by atoms with van der Waals surface area (Å²) in [5.74, 6) is 0.958. The van der Waals surface area contributed by atoms with E-state index in [1.807, 2.05) is 27.0 Å². The third kappa shape index (κ3) is 1.87. The lowest BCUT2D eigenvalue weighted by atomic mass is 10.1. The highest BCUT2D eigenvalue weighted by atomic mass is 15.2. The summed E-state index contributed by atoms with van der Waals surface area (Å²) in [6.45, 7) is 3.96. The molecule has 0 amide bonds. The predicted octanol–water partition coefficient (Wildman–Crippen LogP) is 1.58. The van der Waals surface area contributed by atoms with Gasteiger partial charge in [0.25, 0.3) is 0 Å². The number of nitrogen functional groups attached to an aromatic ring is 1. The molecule has 1 aromatic heterocycles. The maximum atomic E-state index is 7.65. The summed E-state index contributed by atoms with van der Waals surface area (Å²) >= 11 is 0. The van der Waals surface area contributed by atoms with Crippen molar-refractivity contribution in [3.8, 4) is 0 Å². The van der Waals surface area contributed by atoms with Crippen LogP contribution in [-0.2, 0) is 0 Å². The Balaban J connectivity index is 2.51. The van der Waals surface area contributed by atoms with Gasteiger partial charge >= 0.3 is 0 Å². The van der Waals surface area contributed by atoms with E-state index < -0.39 is 0 Å². The number of hydrogen-bond acceptors (Lipinski definition) is 3. The van der Waals surface area contributed by atoms with Crippen molar-refractivity contribution < 1.29 is 0 Å². The molecule has 86 valence electrons. The monoisotopic (exact) mass is 218 g/mol. The van der Waals surface area contributed by atoms with Crippen LogP contribution in [0.5, 0.6) is 0 Å². The topological polar surface area (TPSA) is 66.0 Å². The molecule has 1 aliphatic carbocycles. The molecule has 0 spiro atoms. The van der Waals surface area contributed by atoms with Crippen molar-refractivity contribution in [1.29, 1.82) is 5.41 Å². The minimum atomic E-state index is 0.104. The summed E-state index contributed by atoms with van der Waals surface area (Å²) in [6.07, 6.45) is 2.42. The average molecular weight is 218 g/mol. The Morgan fingerprint density at radius 1 is 1.50 bits per heavy atom. The quantitative estimate of drug-likeness (QED) is 0.598. The fourth-order valence-corrected chi connectivity index (χ4v) is 2.04. The lowest BCUT2D eigenvalue weighted by molar-refractivity contribution is 0.882. The van der Waals surface area contributed by atoms with Gasteiger partial charge in [-0.25, -0.2) is 4.98 Å². The molecule has 0 unspecified atom stereocenters. The lowest BCUT2D eigenvalue weighted by Gasteiger charge is -2.22. The molecule has 0 aromatic carbocycles. The van der Waals surface area contributed by atoms with Crippen LogP contribution in [0.3, 0.4) is 0 Å². The van der Waals surface area contributed by atoms with E-state index in [0.717, 1.165) is 22.6 Å². The molecule has 2 rings (SSSR count). The first-order chi connectivity index (χ1) is 7.50. The van der Waals surface area contributed by atoms with E-state index in [1.54, 1.807) is 0 Å². The Hall–Kier alpha value is -1.58. The molecule has 0 bridgehead atoms. The molecule has 1 aromatic rings. The van der Waals surface area contributed by atoms with Gasteiger partial charge in [-0.1, -0.05) is 0 Å². The normalized spacial score (nSPS) is 14.9. The van der Waals surface area contributed by atoms with Gasteiger partial charge < -0.3 is 10.6 Å². The smallest absolute Gasteiger partial charge is 0.140 e. The zero-order valence-electron chi connectivity index (χ0n) is 10.0. The zero-order chi connectivity index (χ0) is 11.9. The van der Waals surface area contributed by atoms with Gasteiger partial charge in [0.05, 0.1) is 5.56 Å². The van der Waals surface area contributed by atoms with Crippen LogP contribution in [-0.4, -0.2) is 23.9 Å². The van der Waals surface area contributed by atoms with Crippen LogP contribution < -0.4 is 10.6 Å². The number of nitrogens with two attached hydrogens (primary N) is 1. The maximum Gasteiger partial charge on any atom is 0.140 e. The molecule has 4 nitrogen and oxygen atoms in total. The molecule has 1 fully saturated rings. The van der Waals surface area contributed by atoms with Crippen LogP contribution >= 0.6 is 0 Å². The van der Waals surface area contributed by atoms with Crippen LogP contribution in [0.4, 0.5) is 5.82 Å². The molecule has 3 N–H and O–H groups in total. The SMILES string of the molecule is Cc1cc(C)c(C(=N)N)c(N(C)C2CC2)n1. The standard InChI is InChI=1S/C12H18N4/c1-7-6-8(2)15-12(10(7)11(13)14)16(3)9-4-5-9/h6,9H,4-5H2,1-3H3,(H3,13,14). The van der Waals surface area contributed by atoms with Crippen molar-refractivity contribution in [2.45, 2.75) is 32.7 Å². The van der Waals surface area contributed by atoms with Gasteiger partial charge in [0.2, 0.25) is 0 Å². The first-order valence-electron chi connectivity index (χ1n) is 5.56. The molecule has 0 saturated heterocycles. The van der Waals surface area contributed by atoms with Gasteiger partial charge in [-0.2, -0.15) is 0 Å². The predicted molar refractivity (Wildman–Crippen MR) is 66.2 cm³/mol. The molecule has 0 atom stereocenters. The second-order valence-electron chi connectivity index (χ2n) is 4.53. The van der Waals surface area contributed by atoms with Gasteiger partial charge in [0.1, 0.15) is 11.7 Å². The number of aromatic nitrogens is 1. The van der Waals surface area contributed by atoms with Crippen molar-refractivity contribution in [2.75, 3.05) is 11.9 Å². The fraction of sp³-hybridized carbons (Fsp3) is 0.500. The van der Waals surface area contributed by atoms with Crippen LogP contribution in [0.2, 0.25) is 0 Å². The summed E-state index contributed by atoms with van der Waals surface area (Å²) < 4.78 is 0. The highest BCUT2D eigenvalue weighted by Gasteiger charge is 2.29. The van der Waals surface area contributed by atoms with Crippen molar-refractivity contribution in [1.82, 2.24) is 4.98 Å². The number of aryl methyl sites for hydroxylation is 2. The third-order valence-electron chi connectivity index (χ3n) is 3.02. The van der Waals surface area contributed by atoms with Gasteiger partial charge in [-0.3, -0.25) is 5.41 Å². The van der Waals surface area contributed by atoms with E-state index >= 15 is 0 Å². The summed E-state index contributed by atoms with van der Waals surface area (Å²) in [5, 5.41) is 7.65. The van der Waals surface area contributed by atoms with Crippen molar-refractivity contribution in [3.05, 3.63) is 22.9 Å². The Morgan fingerprint density at radius 2 is 2.12 bits per heavy atom. The summed E-state index contributed by atoms with van der Waals surface area (Å²) in [4.78, 5) is 6.67. The zero-order valence-corrected chi connectivity index (χ0v) is 10.0. The van der Waals surface area contributed by atoms with E-state index in [1.165, 1.54) is 12.8 Å². The number of nitrogens with zero attached hydrogens (tertiary/aromatic N) is 2. The van der Waals surface area contributed by atoms with E-state index in [2.05, 4.69) is 9.88 Å². The molecule has 0 aliphatic heterocycles.